The molecule has 1 fully saturated rings. The monoisotopic (exact) mass is 357 g/mol. The highest BCUT2D eigenvalue weighted by Gasteiger charge is 2.24. The summed E-state index contributed by atoms with van der Waals surface area (Å²) in [5.41, 5.74) is 0.673. The van der Waals surface area contributed by atoms with Crippen molar-refractivity contribution in [2.24, 2.45) is 0 Å². The van der Waals surface area contributed by atoms with Crippen LogP contribution in [0.25, 0.3) is 10.9 Å². The van der Waals surface area contributed by atoms with Gasteiger partial charge in [0, 0.05) is 5.39 Å². The van der Waals surface area contributed by atoms with E-state index < -0.39 is 9.84 Å². The van der Waals surface area contributed by atoms with Crippen LogP contribution in [0, 0.1) is 0 Å². The highest BCUT2D eigenvalue weighted by atomic mass is 32.2. The number of hydrogen-bond donors (Lipinski definition) is 2. The zero-order valence-corrected chi connectivity index (χ0v) is 14.4. The quantitative estimate of drug-likeness (QED) is 0.750. The number of ether oxygens (including phenoxy) is 1. The Morgan fingerprint density at radius 1 is 1.04 bits per heavy atom. The van der Waals surface area contributed by atoms with Crippen molar-refractivity contribution in [3.8, 4) is 5.75 Å². The molecule has 6 nitrogen and oxygen atoms in total. The molecule has 0 unspecified atom stereocenters. The van der Waals surface area contributed by atoms with Crippen LogP contribution in [0.1, 0.15) is 12.8 Å². The van der Waals surface area contributed by atoms with Crippen LogP contribution in [0.15, 0.2) is 58.5 Å². The summed E-state index contributed by atoms with van der Waals surface area (Å²) in [4.78, 5) is 0.230. The molecular formula is C18H19N3O3S. The standard InChI is InChI=1S/C18H19N3O3S/c22-25(23,15-4-2-1-3-5-15)18-16-12-14(6-7-17(16)20-21-18)24-13-8-10-19-11-9-13/h1-7,12-13,19H,8-11H2,(H,20,21). The Bertz CT molecular complexity index is 977. The molecule has 2 N–H and O–H groups in total. The smallest absolute Gasteiger partial charge is 0.226 e. The van der Waals surface area contributed by atoms with Crippen LogP contribution < -0.4 is 10.1 Å². The molecule has 0 atom stereocenters. The number of rotatable bonds is 4. The minimum Gasteiger partial charge on any atom is -0.490 e. The van der Waals surface area contributed by atoms with Gasteiger partial charge in [-0.05, 0) is 56.3 Å². The normalized spacial score (nSPS) is 16.2. The number of nitrogens with one attached hydrogen (secondary N) is 2. The fourth-order valence-corrected chi connectivity index (χ4v) is 4.43. The molecule has 0 aliphatic carbocycles. The van der Waals surface area contributed by atoms with Gasteiger partial charge >= 0.3 is 0 Å². The van der Waals surface area contributed by atoms with E-state index in [4.69, 9.17) is 4.74 Å². The molecular weight excluding hydrogens is 338 g/mol. The lowest BCUT2D eigenvalue weighted by atomic mass is 10.1. The number of piperidine rings is 1. The second-order valence-electron chi connectivity index (χ2n) is 6.12. The Kier molecular flexibility index (Phi) is 4.19. The third-order valence-electron chi connectivity index (χ3n) is 4.40. The van der Waals surface area contributed by atoms with Gasteiger partial charge in [-0.25, -0.2) is 8.42 Å². The van der Waals surface area contributed by atoms with Crippen LogP contribution >= 0.6 is 0 Å². The second-order valence-corrected chi connectivity index (χ2v) is 7.98. The lowest BCUT2D eigenvalue weighted by Gasteiger charge is -2.23. The average molecular weight is 357 g/mol. The zero-order valence-electron chi connectivity index (χ0n) is 13.6. The number of H-pyrrole nitrogens is 1. The fraction of sp³-hybridized carbons (Fsp3) is 0.278. The number of sulfone groups is 1. The second kappa shape index (κ2) is 6.50. The summed E-state index contributed by atoms with van der Waals surface area (Å²) in [6.45, 7) is 1.87. The van der Waals surface area contributed by atoms with Crippen LogP contribution in [0.4, 0.5) is 0 Å². The third-order valence-corrected chi connectivity index (χ3v) is 6.11. The minimum absolute atomic E-state index is 0.0319. The number of fused-ring (bicyclic) bond motifs is 1. The summed E-state index contributed by atoms with van der Waals surface area (Å²) >= 11 is 0. The summed E-state index contributed by atoms with van der Waals surface area (Å²) in [5, 5.41) is 10.7. The van der Waals surface area contributed by atoms with Gasteiger partial charge in [0.1, 0.15) is 11.9 Å². The average Bonchev–Trinajstić information content (AvgIpc) is 3.07. The molecule has 130 valence electrons. The lowest BCUT2D eigenvalue weighted by molar-refractivity contribution is 0.162. The van der Waals surface area contributed by atoms with E-state index in [0.29, 0.717) is 16.7 Å². The Morgan fingerprint density at radius 3 is 2.56 bits per heavy atom. The van der Waals surface area contributed by atoms with Crippen molar-refractivity contribution in [3.63, 3.8) is 0 Å². The van der Waals surface area contributed by atoms with Crippen molar-refractivity contribution in [2.45, 2.75) is 28.9 Å². The van der Waals surface area contributed by atoms with E-state index in [9.17, 15) is 8.42 Å². The van der Waals surface area contributed by atoms with Gasteiger partial charge < -0.3 is 10.1 Å². The van der Waals surface area contributed by atoms with Gasteiger partial charge in [-0.15, -0.1) is 0 Å². The molecule has 3 aromatic rings. The SMILES string of the molecule is O=S(=O)(c1ccccc1)c1n[nH]c2ccc(OC3CCNCC3)cc12. The van der Waals surface area contributed by atoms with Gasteiger partial charge in [-0.2, -0.15) is 5.10 Å². The Labute approximate surface area is 146 Å². The molecule has 25 heavy (non-hydrogen) atoms. The van der Waals surface area contributed by atoms with E-state index in [1.165, 1.54) is 0 Å². The molecule has 1 aliphatic rings. The molecule has 1 saturated heterocycles. The summed E-state index contributed by atoms with van der Waals surface area (Å²) in [6.07, 6.45) is 2.04. The van der Waals surface area contributed by atoms with Crippen molar-refractivity contribution < 1.29 is 13.2 Å². The maximum Gasteiger partial charge on any atom is 0.226 e. The Morgan fingerprint density at radius 2 is 1.80 bits per heavy atom. The number of benzene rings is 2. The van der Waals surface area contributed by atoms with Crippen LogP contribution in [0.5, 0.6) is 5.75 Å². The first-order valence-corrected chi connectivity index (χ1v) is 9.78. The molecule has 0 radical (unpaired) electrons. The van der Waals surface area contributed by atoms with Crippen molar-refractivity contribution in [3.05, 3.63) is 48.5 Å². The fourth-order valence-electron chi connectivity index (χ4n) is 3.06. The van der Waals surface area contributed by atoms with Crippen LogP contribution in [0.2, 0.25) is 0 Å². The van der Waals surface area contributed by atoms with Crippen LogP contribution in [0.3, 0.4) is 0 Å². The van der Waals surface area contributed by atoms with Gasteiger partial charge in [0.05, 0.1) is 10.4 Å². The third kappa shape index (κ3) is 3.12. The lowest BCUT2D eigenvalue weighted by Crippen LogP contribution is -2.34. The van der Waals surface area contributed by atoms with Gasteiger partial charge in [0.2, 0.25) is 9.84 Å². The van der Waals surface area contributed by atoms with E-state index in [2.05, 4.69) is 15.5 Å². The van der Waals surface area contributed by atoms with E-state index >= 15 is 0 Å². The predicted molar refractivity (Wildman–Crippen MR) is 94.5 cm³/mol. The Hall–Kier alpha value is -2.38. The first kappa shape index (κ1) is 16.1. The zero-order chi connectivity index (χ0) is 17.3. The molecule has 2 heterocycles. The molecule has 2 aromatic carbocycles. The molecule has 0 bridgehead atoms. The maximum absolute atomic E-state index is 12.9. The summed E-state index contributed by atoms with van der Waals surface area (Å²) < 4.78 is 31.8. The van der Waals surface area contributed by atoms with Crippen LogP contribution in [-0.2, 0) is 9.84 Å². The molecule has 0 saturated carbocycles. The predicted octanol–water partition coefficient (Wildman–Crippen LogP) is 2.53. The van der Waals surface area contributed by atoms with Crippen molar-refractivity contribution in [1.82, 2.24) is 15.5 Å². The maximum atomic E-state index is 12.9. The minimum atomic E-state index is -3.68. The van der Waals surface area contributed by atoms with E-state index in [1.54, 1.807) is 36.4 Å². The Balaban J connectivity index is 1.71. The van der Waals surface area contributed by atoms with Gasteiger partial charge in [0.15, 0.2) is 5.03 Å². The van der Waals surface area contributed by atoms with E-state index in [0.717, 1.165) is 25.9 Å². The largest absolute Gasteiger partial charge is 0.490 e. The molecule has 1 aliphatic heterocycles. The number of hydrogen-bond acceptors (Lipinski definition) is 5. The molecule has 0 amide bonds. The van der Waals surface area contributed by atoms with Gasteiger partial charge in [-0.3, -0.25) is 5.10 Å². The molecule has 4 rings (SSSR count). The molecule has 7 heteroatoms. The summed E-state index contributed by atoms with van der Waals surface area (Å²) in [5.74, 6) is 0.672. The van der Waals surface area contributed by atoms with Crippen molar-refractivity contribution in [1.29, 1.82) is 0 Å². The van der Waals surface area contributed by atoms with Crippen molar-refractivity contribution >= 4 is 20.7 Å². The van der Waals surface area contributed by atoms with Gasteiger partial charge in [-0.1, -0.05) is 18.2 Å². The van der Waals surface area contributed by atoms with Gasteiger partial charge in [0.25, 0.3) is 0 Å². The summed E-state index contributed by atoms with van der Waals surface area (Å²) in [6, 6.07) is 13.8. The van der Waals surface area contributed by atoms with E-state index in [-0.39, 0.29) is 16.0 Å². The number of aromatic amines is 1. The number of nitrogens with zero attached hydrogens (tertiary/aromatic N) is 1. The first-order valence-electron chi connectivity index (χ1n) is 8.30. The highest BCUT2D eigenvalue weighted by Crippen LogP contribution is 2.29. The van der Waals surface area contributed by atoms with Crippen molar-refractivity contribution in [2.75, 3.05) is 13.1 Å². The van der Waals surface area contributed by atoms with E-state index in [1.807, 2.05) is 12.1 Å². The number of aromatic nitrogens is 2. The highest BCUT2D eigenvalue weighted by molar-refractivity contribution is 7.91. The summed E-state index contributed by atoms with van der Waals surface area (Å²) in [7, 11) is -3.68. The topological polar surface area (TPSA) is 84.1 Å². The molecule has 1 aromatic heterocycles. The van der Waals surface area contributed by atoms with Crippen LogP contribution in [-0.4, -0.2) is 37.8 Å². The molecule has 0 spiro atoms. The first-order chi connectivity index (χ1) is 12.1.